The molecule has 3 nitrogen and oxygen atoms in total. The first-order valence-electron chi connectivity index (χ1n) is 13.4. The topological polar surface area (TPSA) is 18.8 Å². The molecule has 1 aliphatic rings. The summed E-state index contributed by atoms with van der Waals surface area (Å²) in [5.41, 5.74) is 9.67. The molecule has 0 unspecified atom stereocenters. The second-order valence-corrected chi connectivity index (χ2v) is 9.61. The maximum atomic E-state index is 4.88. The first-order chi connectivity index (χ1) is 18.9. The van der Waals surface area contributed by atoms with Crippen LogP contribution in [0, 0.1) is 0 Å². The number of hydrogen-bond acceptors (Lipinski definition) is 3. The molecule has 0 N–H and O–H groups in total. The molecule has 5 aromatic carbocycles. The number of aryl methyl sites for hydroxylation is 1. The fourth-order valence-electron chi connectivity index (χ4n) is 5.23. The summed E-state index contributed by atoms with van der Waals surface area (Å²) in [4.78, 5) is 2.39. The second-order valence-electron chi connectivity index (χ2n) is 9.61. The average Bonchev–Trinajstić information content (AvgIpc) is 3.00. The Morgan fingerprint density at radius 2 is 1.05 bits per heavy atom. The quantitative estimate of drug-likeness (QED) is 0.166. The number of hydrogen-bond donors (Lipinski definition) is 0. The summed E-state index contributed by atoms with van der Waals surface area (Å²) >= 11 is 0. The Morgan fingerprint density at radius 1 is 0.500 bits per heavy atom. The summed E-state index contributed by atoms with van der Waals surface area (Å²) in [6.07, 6.45) is 6.76. The van der Waals surface area contributed by atoms with E-state index in [1.54, 1.807) is 0 Å². The van der Waals surface area contributed by atoms with Gasteiger partial charge in [0, 0.05) is 17.1 Å². The lowest BCUT2D eigenvalue weighted by molar-refractivity contribution is 0.686. The van der Waals surface area contributed by atoms with E-state index in [0.717, 1.165) is 29.0 Å². The predicted octanol–water partition coefficient (Wildman–Crippen LogP) is 9.21. The normalized spacial score (nSPS) is 12.7. The van der Waals surface area contributed by atoms with Crippen LogP contribution in [0.4, 0.5) is 28.4 Å². The zero-order chi connectivity index (χ0) is 25.6. The van der Waals surface area contributed by atoms with E-state index in [2.05, 4.69) is 102 Å². The van der Waals surface area contributed by atoms with E-state index >= 15 is 0 Å². The number of anilines is 5. The van der Waals surface area contributed by atoms with E-state index in [1.165, 1.54) is 41.8 Å². The Bertz CT molecular complexity index is 1450. The molecule has 0 saturated heterocycles. The van der Waals surface area contributed by atoms with Gasteiger partial charge in [-0.05, 0) is 97.0 Å². The summed E-state index contributed by atoms with van der Waals surface area (Å²) in [6, 6.07) is 46.7. The molecule has 0 spiro atoms. The molecular weight excluding hydrogens is 462 g/mol. The van der Waals surface area contributed by atoms with Crippen molar-refractivity contribution < 1.29 is 0 Å². The van der Waals surface area contributed by atoms with Gasteiger partial charge in [-0.15, -0.1) is 0 Å². The van der Waals surface area contributed by atoms with E-state index in [0.29, 0.717) is 0 Å². The average molecular weight is 494 g/mol. The van der Waals surface area contributed by atoms with Gasteiger partial charge < -0.3 is 4.90 Å². The van der Waals surface area contributed by atoms with Crippen LogP contribution in [0.1, 0.15) is 29.5 Å². The molecule has 0 aliphatic heterocycles. The molecule has 3 heteroatoms. The van der Waals surface area contributed by atoms with Gasteiger partial charge in [0.2, 0.25) is 0 Å². The van der Waals surface area contributed by atoms with Crippen LogP contribution in [0.25, 0.3) is 0 Å². The van der Waals surface area contributed by atoms with Gasteiger partial charge >= 0.3 is 0 Å². The highest BCUT2D eigenvalue weighted by atomic mass is 15.5. The predicted molar refractivity (Wildman–Crippen MR) is 160 cm³/mol. The fraction of sp³-hybridized carbons (Fsp3) is 0.114. The fourth-order valence-corrected chi connectivity index (χ4v) is 5.23. The van der Waals surface area contributed by atoms with E-state index in [4.69, 9.17) is 5.10 Å². The first kappa shape index (κ1) is 23.7. The molecule has 0 atom stereocenters. The number of fused-ring (bicyclic) bond motifs is 1. The maximum Gasteiger partial charge on any atom is 0.0652 e. The van der Waals surface area contributed by atoms with Gasteiger partial charge in [0.15, 0.2) is 0 Å². The van der Waals surface area contributed by atoms with Crippen LogP contribution in [0.5, 0.6) is 0 Å². The minimum atomic E-state index is 1.02. The molecule has 0 bridgehead atoms. The lowest BCUT2D eigenvalue weighted by Crippen LogP contribution is -2.15. The largest absolute Gasteiger partial charge is 0.310 e. The van der Waals surface area contributed by atoms with Crippen molar-refractivity contribution in [3.05, 3.63) is 150 Å². The second kappa shape index (κ2) is 11.2. The monoisotopic (exact) mass is 493 g/mol. The Hall–Kier alpha value is -4.63. The van der Waals surface area contributed by atoms with Gasteiger partial charge in [-0.2, -0.15) is 5.10 Å². The van der Waals surface area contributed by atoms with Crippen molar-refractivity contribution in [2.45, 2.75) is 25.7 Å². The molecule has 6 rings (SSSR count). The summed E-state index contributed by atoms with van der Waals surface area (Å²) in [5.74, 6) is 0. The van der Waals surface area contributed by atoms with Crippen LogP contribution in [0.15, 0.2) is 139 Å². The van der Waals surface area contributed by atoms with Crippen molar-refractivity contribution >= 4 is 34.7 Å². The smallest absolute Gasteiger partial charge is 0.0652 e. The lowest BCUT2D eigenvalue weighted by Gasteiger charge is -2.30. The number of nitrogens with zero attached hydrogens (tertiary/aromatic N) is 3. The SMILES string of the molecule is C(=N\N(c1ccccc1)c1ccccc1)/c1ccc(N(c2ccccc2)c2cccc3c2CCCC3)cc1. The highest BCUT2D eigenvalue weighted by Gasteiger charge is 2.20. The Labute approximate surface area is 225 Å². The van der Waals surface area contributed by atoms with Crippen LogP contribution >= 0.6 is 0 Å². The van der Waals surface area contributed by atoms with Gasteiger partial charge in [0.05, 0.1) is 17.6 Å². The van der Waals surface area contributed by atoms with E-state index in [-0.39, 0.29) is 0 Å². The Balaban J connectivity index is 1.34. The van der Waals surface area contributed by atoms with Gasteiger partial charge in [-0.3, -0.25) is 0 Å². The molecular formula is C35H31N3. The third kappa shape index (κ3) is 5.09. The number of benzene rings is 5. The minimum Gasteiger partial charge on any atom is -0.310 e. The summed E-state index contributed by atoms with van der Waals surface area (Å²) < 4.78 is 0. The Morgan fingerprint density at radius 3 is 1.68 bits per heavy atom. The van der Waals surface area contributed by atoms with Crippen molar-refractivity contribution in [2.75, 3.05) is 9.91 Å². The Kier molecular flexibility index (Phi) is 6.99. The van der Waals surface area contributed by atoms with Crippen molar-refractivity contribution in [3.8, 4) is 0 Å². The first-order valence-corrected chi connectivity index (χ1v) is 13.4. The minimum absolute atomic E-state index is 1.02. The van der Waals surface area contributed by atoms with E-state index in [9.17, 15) is 0 Å². The number of para-hydroxylation sites is 3. The molecule has 0 heterocycles. The molecule has 0 aromatic heterocycles. The van der Waals surface area contributed by atoms with Crippen LogP contribution in [-0.4, -0.2) is 6.21 Å². The summed E-state index contributed by atoms with van der Waals surface area (Å²) in [5, 5.41) is 6.85. The third-order valence-corrected chi connectivity index (χ3v) is 7.10. The zero-order valence-corrected chi connectivity index (χ0v) is 21.4. The molecule has 0 amide bonds. The molecule has 1 aliphatic carbocycles. The molecule has 186 valence electrons. The van der Waals surface area contributed by atoms with Crippen LogP contribution < -0.4 is 9.91 Å². The molecule has 38 heavy (non-hydrogen) atoms. The van der Waals surface area contributed by atoms with Crippen LogP contribution in [0.2, 0.25) is 0 Å². The van der Waals surface area contributed by atoms with Crippen molar-refractivity contribution in [2.24, 2.45) is 5.10 Å². The zero-order valence-electron chi connectivity index (χ0n) is 21.4. The number of hydrazone groups is 1. The van der Waals surface area contributed by atoms with Crippen molar-refractivity contribution in [3.63, 3.8) is 0 Å². The molecule has 0 saturated carbocycles. The van der Waals surface area contributed by atoms with E-state index in [1.807, 2.05) is 47.6 Å². The van der Waals surface area contributed by atoms with Gasteiger partial charge in [0.1, 0.15) is 0 Å². The highest BCUT2D eigenvalue weighted by Crippen LogP contribution is 2.39. The van der Waals surface area contributed by atoms with Gasteiger partial charge in [-0.1, -0.05) is 78.9 Å². The van der Waals surface area contributed by atoms with Crippen molar-refractivity contribution in [1.82, 2.24) is 0 Å². The van der Waals surface area contributed by atoms with Gasteiger partial charge in [-0.25, -0.2) is 5.01 Å². The number of rotatable bonds is 7. The van der Waals surface area contributed by atoms with E-state index < -0.39 is 0 Å². The third-order valence-electron chi connectivity index (χ3n) is 7.10. The van der Waals surface area contributed by atoms with Crippen molar-refractivity contribution in [1.29, 1.82) is 0 Å². The molecule has 0 radical (unpaired) electrons. The lowest BCUT2D eigenvalue weighted by atomic mass is 9.90. The summed E-state index contributed by atoms with van der Waals surface area (Å²) in [6.45, 7) is 0. The maximum absolute atomic E-state index is 4.88. The summed E-state index contributed by atoms with van der Waals surface area (Å²) in [7, 11) is 0. The van der Waals surface area contributed by atoms with Crippen LogP contribution in [-0.2, 0) is 12.8 Å². The highest BCUT2D eigenvalue weighted by molar-refractivity contribution is 5.85. The van der Waals surface area contributed by atoms with Gasteiger partial charge in [0.25, 0.3) is 0 Å². The standard InChI is InChI=1S/C35H31N3/c1-4-15-30(16-5-1)37(35-22-12-14-29-13-10-11-21-34(29)35)31-25-23-28(24-26-31)27-36-38(32-17-6-2-7-18-32)33-19-8-3-9-20-33/h1-9,12,14-20,22-27H,10-11,13,21H2/b36-27+. The molecule has 0 fully saturated rings. The molecule has 5 aromatic rings. The van der Waals surface area contributed by atoms with Crippen LogP contribution in [0.3, 0.4) is 0 Å².